The summed E-state index contributed by atoms with van der Waals surface area (Å²) in [6, 6.07) is 68.8. The molecule has 0 aliphatic heterocycles. The summed E-state index contributed by atoms with van der Waals surface area (Å²) in [6.07, 6.45) is 0. The van der Waals surface area contributed by atoms with E-state index in [0.717, 1.165) is 33.5 Å². The molecule has 4 nitrogen and oxygen atoms in total. The molecule has 11 aromatic rings. The molecule has 0 aliphatic rings. The topological polar surface area (TPSA) is 43.6 Å². The SMILES string of the molecule is c1ccc(-c2nc(-c3ccccc3)nc(-c3cccc(-c4cc5c6ccccc6c6ccccc6c5cc4-n4c5ccccc5c5ccccc54)c3)n2)cc1. The van der Waals surface area contributed by atoms with Gasteiger partial charge in [0.2, 0.25) is 0 Å². The molecule has 0 bridgehead atoms. The fourth-order valence-electron chi connectivity index (χ4n) is 8.30. The first-order valence-electron chi connectivity index (χ1n) is 18.6. The standard InChI is InChI=1S/C51H32N4/c1-3-16-33(17-4-1)49-52-50(34-18-5-2-6-19-34)54-51(53-49)36-21-15-20-35(30-36)43-31-44-39-24-9-7-22-37(39)38-23-8-10-25-40(38)45(44)32-48(43)55-46-28-13-11-26-41(46)42-27-12-14-29-47(42)55/h1-32H. The van der Waals surface area contributed by atoms with Crippen molar-refractivity contribution in [1.29, 1.82) is 0 Å². The van der Waals surface area contributed by atoms with E-state index < -0.39 is 0 Å². The van der Waals surface area contributed by atoms with Crippen LogP contribution in [0.3, 0.4) is 0 Å². The van der Waals surface area contributed by atoms with E-state index in [-0.39, 0.29) is 0 Å². The Balaban J connectivity index is 1.22. The van der Waals surface area contributed by atoms with Crippen LogP contribution in [-0.4, -0.2) is 19.5 Å². The van der Waals surface area contributed by atoms with E-state index in [9.17, 15) is 0 Å². The molecule has 9 aromatic carbocycles. The monoisotopic (exact) mass is 700 g/mol. The minimum atomic E-state index is 0.630. The Morgan fingerprint density at radius 1 is 0.273 bits per heavy atom. The fraction of sp³-hybridized carbons (Fsp3) is 0. The lowest BCUT2D eigenvalue weighted by atomic mass is 9.90. The number of fused-ring (bicyclic) bond motifs is 9. The van der Waals surface area contributed by atoms with Gasteiger partial charge in [-0.1, -0.05) is 164 Å². The summed E-state index contributed by atoms with van der Waals surface area (Å²) in [5.74, 6) is 1.92. The van der Waals surface area contributed by atoms with Crippen molar-refractivity contribution in [3.8, 4) is 51.0 Å². The molecule has 2 aromatic heterocycles. The van der Waals surface area contributed by atoms with Gasteiger partial charge >= 0.3 is 0 Å². The van der Waals surface area contributed by atoms with Crippen molar-refractivity contribution in [2.24, 2.45) is 0 Å². The van der Waals surface area contributed by atoms with Crippen LogP contribution in [0.5, 0.6) is 0 Å². The molecule has 4 heteroatoms. The quantitative estimate of drug-likeness (QED) is 0.168. The van der Waals surface area contributed by atoms with Crippen LogP contribution in [0.2, 0.25) is 0 Å². The van der Waals surface area contributed by atoms with Crippen molar-refractivity contribution < 1.29 is 0 Å². The Kier molecular flexibility index (Phi) is 7.14. The van der Waals surface area contributed by atoms with Crippen molar-refractivity contribution in [3.05, 3.63) is 194 Å². The highest BCUT2D eigenvalue weighted by Crippen LogP contribution is 2.43. The van der Waals surface area contributed by atoms with Crippen molar-refractivity contribution in [2.45, 2.75) is 0 Å². The molecule has 0 radical (unpaired) electrons. The summed E-state index contributed by atoms with van der Waals surface area (Å²) in [6.45, 7) is 0. The largest absolute Gasteiger partial charge is 0.309 e. The zero-order valence-electron chi connectivity index (χ0n) is 29.8. The third-order valence-electron chi connectivity index (χ3n) is 10.8. The first-order chi connectivity index (χ1) is 27.3. The van der Waals surface area contributed by atoms with Crippen LogP contribution in [0.4, 0.5) is 0 Å². The summed E-state index contributed by atoms with van der Waals surface area (Å²) < 4.78 is 2.44. The lowest BCUT2D eigenvalue weighted by Crippen LogP contribution is -2.01. The molecule has 0 atom stereocenters. The molecule has 0 aliphatic carbocycles. The molecule has 0 unspecified atom stereocenters. The molecule has 0 N–H and O–H groups in total. The number of hydrogen-bond donors (Lipinski definition) is 0. The predicted octanol–water partition coefficient (Wildman–Crippen LogP) is 13.1. The first kappa shape index (κ1) is 31.1. The van der Waals surface area contributed by atoms with Gasteiger partial charge in [0.25, 0.3) is 0 Å². The molecule has 2 heterocycles. The van der Waals surface area contributed by atoms with Gasteiger partial charge in [0.05, 0.1) is 16.7 Å². The predicted molar refractivity (Wildman–Crippen MR) is 228 cm³/mol. The van der Waals surface area contributed by atoms with Gasteiger partial charge < -0.3 is 4.57 Å². The van der Waals surface area contributed by atoms with Crippen molar-refractivity contribution in [2.75, 3.05) is 0 Å². The maximum absolute atomic E-state index is 5.09. The van der Waals surface area contributed by atoms with Gasteiger partial charge in [-0.2, -0.15) is 0 Å². The normalized spacial score (nSPS) is 11.6. The van der Waals surface area contributed by atoms with Gasteiger partial charge in [-0.15, -0.1) is 0 Å². The molecule has 0 spiro atoms. The highest BCUT2D eigenvalue weighted by atomic mass is 15.0. The van der Waals surface area contributed by atoms with Crippen molar-refractivity contribution >= 4 is 54.1 Å². The van der Waals surface area contributed by atoms with Crippen LogP contribution in [0.15, 0.2) is 194 Å². The second kappa shape index (κ2) is 12.6. The van der Waals surface area contributed by atoms with Gasteiger partial charge in [-0.25, -0.2) is 15.0 Å². The third-order valence-corrected chi connectivity index (χ3v) is 10.8. The van der Waals surface area contributed by atoms with E-state index in [1.54, 1.807) is 0 Å². The van der Waals surface area contributed by atoms with Gasteiger partial charge in [0.1, 0.15) is 0 Å². The summed E-state index contributed by atoms with van der Waals surface area (Å²) in [5.41, 5.74) is 8.48. The molecule has 0 fully saturated rings. The van der Waals surface area contributed by atoms with Crippen LogP contribution in [-0.2, 0) is 0 Å². The number of nitrogens with zero attached hydrogens (tertiary/aromatic N) is 4. The average molecular weight is 701 g/mol. The molecule has 256 valence electrons. The molecule has 0 saturated heterocycles. The Hall–Kier alpha value is -7.43. The van der Waals surface area contributed by atoms with E-state index >= 15 is 0 Å². The molecule has 11 rings (SSSR count). The molecular formula is C51H32N4. The fourth-order valence-corrected chi connectivity index (χ4v) is 8.30. The van der Waals surface area contributed by atoms with E-state index in [4.69, 9.17) is 15.0 Å². The maximum Gasteiger partial charge on any atom is 0.164 e. The Morgan fingerprint density at radius 3 is 1.18 bits per heavy atom. The highest BCUT2D eigenvalue weighted by molar-refractivity contribution is 6.26. The minimum absolute atomic E-state index is 0.630. The summed E-state index contributed by atoms with van der Waals surface area (Å²) >= 11 is 0. The Bertz CT molecular complexity index is 3140. The summed E-state index contributed by atoms with van der Waals surface area (Å²) in [7, 11) is 0. The summed E-state index contributed by atoms with van der Waals surface area (Å²) in [4.78, 5) is 15.1. The number of aromatic nitrogens is 4. The second-order valence-corrected chi connectivity index (χ2v) is 14.0. The van der Waals surface area contributed by atoms with Crippen LogP contribution < -0.4 is 0 Å². The Morgan fingerprint density at radius 2 is 0.655 bits per heavy atom. The van der Waals surface area contributed by atoms with Gasteiger partial charge in [-0.05, 0) is 68.2 Å². The van der Waals surface area contributed by atoms with E-state index in [1.807, 2.05) is 60.7 Å². The lowest BCUT2D eigenvalue weighted by molar-refractivity contribution is 1.07. The summed E-state index contributed by atoms with van der Waals surface area (Å²) in [5, 5.41) is 9.89. The van der Waals surface area contributed by atoms with Crippen LogP contribution >= 0.6 is 0 Å². The zero-order valence-corrected chi connectivity index (χ0v) is 29.8. The number of rotatable bonds is 5. The number of benzene rings is 9. The van der Waals surface area contributed by atoms with Gasteiger partial charge in [0, 0.05) is 33.0 Å². The highest BCUT2D eigenvalue weighted by Gasteiger charge is 2.20. The second-order valence-electron chi connectivity index (χ2n) is 14.0. The molecular weight excluding hydrogens is 669 g/mol. The van der Waals surface area contributed by atoms with Gasteiger partial charge in [0.15, 0.2) is 17.5 Å². The van der Waals surface area contributed by atoms with Gasteiger partial charge in [-0.3, -0.25) is 0 Å². The minimum Gasteiger partial charge on any atom is -0.309 e. The van der Waals surface area contributed by atoms with Crippen LogP contribution in [0.25, 0.3) is 105 Å². The van der Waals surface area contributed by atoms with E-state index in [1.165, 1.54) is 54.1 Å². The molecule has 55 heavy (non-hydrogen) atoms. The molecule has 0 saturated carbocycles. The Labute approximate surface area is 317 Å². The zero-order chi connectivity index (χ0) is 36.3. The van der Waals surface area contributed by atoms with Crippen LogP contribution in [0.1, 0.15) is 0 Å². The average Bonchev–Trinajstić information content (AvgIpc) is 3.61. The van der Waals surface area contributed by atoms with E-state index in [2.05, 4.69) is 138 Å². The maximum atomic E-state index is 5.09. The first-order valence-corrected chi connectivity index (χ1v) is 18.6. The molecule has 0 amide bonds. The van der Waals surface area contributed by atoms with Crippen molar-refractivity contribution in [3.63, 3.8) is 0 Å². The lowest BCUT2D eigenvalue weighted by Gasteiger charge is -2.19. The number of hydrogen-bond acceptors (Lipinski definition) is 3. The van der Waals surface area contributed by atoms with Crippen molar-refractivity contribution in [1.82, 2.24) is 19.5 Å². The third kappa shape index (κ3) is 5.11. The van der Waals surface area contributed by atoms with E-state index in [0.29, 0.717) is 17.5 Å². The smallest absolute Gasteiger partial charge is 0.164 e. The number of para-hydroxylation sites is 2. The van der Waals surface area contributed by atoms with Crippen LogP contribution in [0, 0.1) is 0 Å².